The number of carbonyl (C=O) groups excluding carboxylic acids is 7. The van der Waals surface area contributed by atoms with Gasteiger partial charge in [-0.25, -0.2) is 9.59 Å². The molecule has 5 aliphatic heterocycles. The van der Waals surface area contributed by atoms with Crippen molar-refractivity contribution in [3.8, 4) is 17.0 Å². The second kappa shape index (κ2) is 23.8. The molecule has 15 atom stereocenters. The summed E-state index contributed by atoms with van der Waals surface area (Å²) >= 11 is 2.83. The van der Waals surface area contributed by atoms with Crippen LogP contribution in [0.4, 0.5) is 0 Å². The second-order valence-electron chi connectivity index (χ2n) is 23.6. The highest BCUT2D eigenvalue weighted by atomic mass is 32.2. The number of phenols is 1. The number of hydrogen-bond donors (Lipinski definition) is 11. The van der Waals surface area contributed by atoms with Crippen molar-refractivity contribution in [2.24, 2.45) is 29.4 Å². The first-order valence-corrected chi connectivity index (χ1v) is 29.3. The van der Waals surface area contributed by atoms with Gasteiger partial charge >= 0.3 is 11.9 Å². The minimum Gasteiger partial charge on any atom is -0.510 e. The lowest BCUT2D eigenvalue weighted by molar-refractivity contribution is -0.163. The van der Waals surface area contributed by atoms with Crippen LogP contribution in [0.3, 0.4) is 0 Å². The molecule has 2 aromatic carbocycles. The van der Waals surface area contributed by atoms with E-state index in [1.165, 1.54) is 58.4 Å². The van der Waals surface area contributed by atoms with Crippen molar-refractivity contribution in [1.82, 2.24) is 35.4 Å². The van der Waals surface area contributed by atoms with Crippen LogP contribution >= 0.6 is 23.5 Å². The molecule has 8 aliphatic rings. The molecule has 0 radical (unpaired) electrons. The third kappa shape index (κ3) is 10.4. The van der Waals surface area contributed by atoms with E-state index in [-0.39, 0.29) is 69.0 Å². The Bertz CT molecular complexity index is 3490. The van der Waals surface area contributed by atoms with E-state index in [1.54, 1.807) is 65.7 Å². The van der Waals surface area contributed by atoms with Crippen LogP contribution in [0.5, 0.6) is 5.75 Å². The number of carboxylic acids is 2. The standard InChI is InChI=1S/C22H24N2O8.C19H19N3O5S.C17H25N3O5S.H2O/c1-7-8-5-4-6-9(25)11(8)16(26)12-10(7)17(27)14-15(24(2)3)18(28)13(21(23)31)20(30)22(14,32)19(12)29;1-9-11(12(21-27-9)10-7-5-4-6-8-10)15(23)20-13-16(24)22-14(18(25)26)19(2,3)28-17(13)22;1-7-12-11(8(2)21)16(23)20(12)13(17(24)25)14(7)26-9-5-10(18-6-9)15(22)19(3)4;/h4-7,10,14-15,17,25,27-29,32H,1-3H3,(H2,23,31);4-8,13-14,17H,1-3H3,(H,20,23)(H,25,26);7-12,18,21H,5-6H2,1-4H3,(H,24,25);1H2/t7-,10+,14+,15-,17-,22-;13-,14+,17-;7-,8-,9+,10+,11-,12-;/m011./s1. The van der Waals surface area contributed by atoms with E-state index in [0.29, 0.717) is 34.9 Å². The topological polar surface area (TPSA) is 436 Å². The molecule has 3 aliphatic carbocycles. The predicted octanol–water partition coefficient (Wildman–Crippen LogP) is 0.415. The van der Waals surface area contributed by atoms with Gasteiger partial charge in [-0.2, -0.15) is 0 Å². The van der Waals surface area contributed by atoms with Gasteiger partial charge in [-0.1, -0.05) is 61.5 Å². The largest absolute Gasteiger partial charge is 0.510 e. The molecule has 87 heavy (non-hydrogen) atoms. The number of aryl methyl sites for hydroxylation is 1. The number of likely N-dealkylation sites (N-methyl/N-ethyl adjacent to an activating group) is 2. The average molecular weight is 1250 g/mol. The predicted molar refractivity (Wildman–Crippen MR) is 311 cm³/mol. The lowest BCUT2D eigenvalue weighted by Crippen LogP contribution is -2.70. The molecular formula is C58H70N8O19S2. The number of rotatable bonds is 11. The number of nitrogens with zero attached hydrogens (tertiary/aromatic N) is 5. The zero-order chi connectivity index (χ0) is 63.4. The van der Waals surface area contributed by atoms with Gasteiger partial charge in [0.05, 0.1) is 47.7 Å². The van der Waals surface area contributed by atoms with E-state index in [4.69, 9.17) is 10.3 Å². The Labute approximate surface area is 506 Å². The van der Waals surface area contributed by atoms with Crippen molar-refractivity contribution in [3.05, 3.63) is 104 Å². The van der Waals surface area contributed by atoms with E-state index in [2.05, 4.69) is 15.8 Å². The van der Waals surface area contributed by atoms with Crippen molar-refractivity contribution in [2.75, 3.05) is 34.7 Å². The van der Waals surface area contributed by atoms with Gasteiger partial charge in [0, 0.05) is 58.5 Å². The fourth-order valence-corrected chi connectivity index (χ4v) is 16.6. The molecule has 0 unspecified atom stereocenters. The number of amides is 5. The highest BCUT2D eigenvalue weighted by Crippen LogP contribution is 2.57. The van der Waals surface area contributed by atoms with E-state index >= 15 is 0 Å². The number of β-lactam (4-membered cyclic amide) rings is 2. The monoisotopic (exact) mass is 1250 g/mol. The normalized spacial score (nSPS) is 31.1. The maximum Gasteiger partial charge on any atom is 0.353 e. The number of aromatic hydroxyl groups is 1. The van der Waals surface area contributed by atoms with Crippen LogP contribution in [0.1, 0.15) is 79.0 Å². The van der Waals surface area contributed by atoms with Crippen LogP contribution in [0.2, 0.25) is 0 Å². The van der Waals surface area contributed by atoms with Gasteiger partial charge in [0.25, 0.3) is 11.8 Å². The average Bonchev–Trinajstić information content (AvgIpc) is 1.21. The van der Waals surface area contributed by atoms with Gasteiger partial charge < -0.3 is 81.9 Å². The number of phenolic OH excluding ortho intramolecular Hbond substituents is 1. The van der Waals surface area contributed by atoms with Gasteiger partial charge in [-0.05, 0) is 65.8 Å². The smallest absolute Gasteiger partial charge is 0.353 e. The minimum absolute atomic E-state index is 0. The summed E-state index contributed by atoms with van der Waals surface area (Å²) in [5.41, 5.74) is 2.81. The molecule has 4 saturated heterocycles. The van der Waals surface area contributed by atoms with E-state index in [9.17, 15) is 84.0 Å². The van der Waals surface area contributed by atoms with Gasteiger partial charge in [-0.3, -0.25) is 38.5 Å². The number of aromatic nitrogens is 1. The first kappa shape index (κ1) is 65.3. The number of primary amides is 1. The lowest BCUT2D eigenvalue weighted by atomic mass is 9.55. The number of Topliss-reactive ketones (excluding diaryl/α,β-unsaturated/α-hetero) is 2. The Morgan fingerprint density at radius 2 is 1.60 bits per heavy atom. The number of aliphatic hydroxyl groups is 5. The third-order valence-corrected chi connectivity index (χ3v) is 20.6. The SMILES string of the molecule is C[C@@H](O)[C@H]1C(=O)N2C(C(=O)O)=C(S[C@@H]3CN[C@H](C(=O)N(C)C)C3)[C@H](C)[C@H]12.C[C@H]1c2cccc(O)c2C(=O)C2=C(O)[C@]3(O)C(=O)C(C(N)=O)=C(O)[C@@H](N(C)C)[C@@H]3[C@@H](O)[C@@H]21.Cc1onc(-c2ccccc2)c1C(=O)N[C@@H]1C(=O)N2[C@@H]1SC(C)(C)[C@@H]2C(=O)O.O. The van der Waals surface area contributed by atoms with Crippen LogP contribution < -0.4 is 16.4 Å². The quantitative estimate of drug-likeness (QED) is 0.0915. The number of carboxylic acid groups (broad SMARTS) is 2. The summed E-state index contributed by atoms with van der Waals surface area (Å²) in [5.74, 6) is -12.5. The van der Waals surface area contributed by atoms with Crippen molar-refractivity contribution >= 4 is 76.6 Å². The lowest BCUT2D eigenvalue weighted by Gasteiger charge is -2.53. The highest BCUT2D eigenvalue weighted by molar-refractivity contribution is 8.03. The number of fused-ring (bicyclic) bond motifs is 5. The number of thioether (sulfide) groups is 2. The molecule has 4 fully saturated rings. The number of carbonyl (C=O) groups is 9. The fraction of sp³-hybridized carbons (Fsp3) is 0.483. The zero-order valence-corrected chi connectivity index (χ0v) is 50.5. The van der Waals surface area contributed by atoms with Gasteiger partial charge in [0.1, 0.15) is 63.0 Å². The summed E-state index contributed by atoms with van der Waals surface area (Å²) < 4.78 is 4.57. The van der Waals surface area contributed by atoms with Crippen LogP contribution in [0, 0.1) is 30.6 Å². The van der Waals surface area contributed by atoms with Gasteiger partial charge in [0.15, 0.2) is 11.4 Å². The van der Waals surface area contributed by atoms with Crippen LogP contribution in [-0.2, 0) is 33.6 Å². The van der Waals surface area contributed by atoms with Crippen molar-refractivity contribution in [2.45, 2.75) is 117 Å². The maximum atomic E-state index is 13.3. The molecule has 5 amide bonds. The number of hydrogen-bond acceptors (Lipinski definition) is 21. The van der Waals surface area contributed by atoms with Crippen molar-refractivity contribution in [1.29, 1.82) is 0 Å². The molecule has 14 N–H and O–H groups in total. The Kier molecular flexibility index (Phi) is 17.9. The summed E-state index contributed by atoms with van der Waals surface area (Å²) in [5, 5.41) is 93.6. The van der Waals surface area contributed by atoms with Gasteiger partial charge in [-0.15, -0.1) is 23.5 Å². The second-order valence-corrected chi connectivity index (χ2v) is 26.7. The summed E-state index contributed by atoms with van der Waals surface area (Å²) in [4.78, 5) is 118. The Balaban J connectivity index is 0.000000169. The summed E-state index contributed by atoms with van der Waals surface area (Å²) in [6, 6.07) is 10.1. The van der Waals surface area contributed by atoms with Gasteiger partial charge in [0.2, 0.25) is 23.5 Å². The summed E-state index contributed by atoms with van der Waals surface area (Å²) in [7, 11) is 6.39. The number of nitrogens with two attached hydrogens (primary N) is 1. The van der Waals surface area contributed by atoms with E-state index in [0.717, 1.165) is 5.56 Å². The van der Waals surface area contributed by atoms with E-state index < -0.39 is 128 Å². The molecule has 6 heterocycles. The third-order valence-electron chi connectivity index (χ3n) is 17.5. The van der Waals surface area contributed by atoms with E-state index in [1.807, 2.05) is 37.3 Å². The number of ketones is 2. The Morgan fingerprint density at radius 3 is 2.17 bits per heavy atom. The van der Waals surface area contributed by atoms with Crippen molar-refractivity contribution < 1.29 is 94.0 Å². The first-order chi connectivity index (χ1) is 40.2. The maximum absolute atomic E-state index is 13.3. The minimum atomic E-state index is -2.89. The Morgan fingerprint density at radius 1 is 0.954 bits per heavy atom. The van der Waals surface area contributed by atoms with Crippen LogP contribution in [0.25, 0.3) is 11.3 Å². The Hall–Kier alpha value is -7.64. The molecule has 0 spiro atoms. The number of nitrogens with one attached hydrogen (secondary N) is 2. The molecule has 468 valence electrons. The molecule has 1 aromatic heterocycles. The molecule has 11 rings (SSSR count). The molecule has 27 nitrogen and oxygen atoms in total. The molecular weight excluding hydrogens is 1180 g/mol. The van der Waals surface area contributed by atoms with Crippen LogP contribution in [-0.4, -0.2) is 222 Å². The fourth-order valence-electron chi connectivity index (χ4n) is 13.5. The molecule has 0 bridgehead atoms. The zero-order valence-electron chi connectivity index (χ0n) is 48.9. The summed E-state index contributed by atoms with van der Waals surface area (Å²) in [6.07, 6.45) is -1.78. The summed E-state index contributed by atoms with van der Waals surface area (Å²) in [6.45, 7) is 11.0. The number of aliphatic carboxylic acids is 2. The van der Waals surface area contributed by atoms with Crippen molar-refractivity contribution in [3.63, 3.8) is 0 Å². The van der Waals surface area contributed by atoms with Crippen LogP contribution in [0.15, 0.2) is 86.3 Å². The molecule has 3 aromatic rings. The number of benzene rings is 2. The number of aliphatic hydroxyl groups excluding tert-OH is 4. The molecule has 29 heteroatoms. The first-order valence-electron chi connectivity index (χ1n) is 27.5. The highest BCUT2D eigenvalue weighted by Gasteiger charge is 2.68. The molecule has 0 saturated carbocycles.